The molecule has 0 spiro atoms. The minimum absolute atomic E-state index is 0.00896. The van der Waals surface area contributed by atoms with Crippen LogP contribution in [0.2, 0.25) is 5.02 Å². The van der Waals surface area contributed by atoms with E-state index < -0.39 is 6.04 Å². The fourth-order valence-corrected chi connectivity index (χ4v) is 4.64. The van der Waals surface area contributed by atoms with E-state index >= 15 is 0 Å². The van der Waals surface area contributed by atoms with E-state index in [1.807, 2.05) is 49.6 Å². The van der Waals surface area contributed by atoms with Crippen LogP contribution in [0.4, 0.5) is 11.4 Å². The summed E-state index contributed by atoms with van der Waals surface area (Å²) >= 11 is 7.49. The van der Waals surface area contributed by atoms with Crippen molar-refractivity contribution in [2.24, 2.45) is 0 Å². The molecule has 0 bridgehead atoms. The Morgan fingerprint density at radius 2 is 1.64 bits per heavy atom. The van der Waals surface area contributed by atoms with Crippen LogP contribution in [0, 0.1) is 13.8 Å². The van der Waals surface area contributed by atoms with Gasteiger partial charge in [-0.3, -0.25) is 14.5 Å². The van der Waals surface area contributed by atoms with Gasteiger partial charge in [-0.15, -0.1) is 11.3 Å². The quantitative estimate of drug-likeness (QED) is 0.599. The van der Waals surface area contributed by atoms with Gasteiger partial charge in [0, 0.05) is 15.6 Å². The maximum atomic E-state index is 13.6. The standard InChI is InChI=1S/C22H19ClN2O2S/c1-14-5-3-6-15(2)20(14)24-13-19(26)25(17-10-8-16(23)9-11-17)21(22(24)27)18-7-4-12-28-18/h3-12,21H,13H2,1-2H3. The van der Waals surface area contributed by atoms with E-state index in [0.29, 0.717) is 10.7 Å². The van der Waals surface area contributed by atoms with E-state index in [1.54, 1.807) is 34.1 Å². The molecule has 2 heterocycles. The molecule has 2 aromatic carbocycles. The van der Waals surface area contributed by atoms with Crippen LogP contribution < -0.4 is 9.80 Å². The van der Waals surface area contributed by atoms with E-state index in [2.05, 4.69) is 0 Å². The summed E-state index contributed by atoms with van der Waals surface area (Å²) in [6.45, 7) is 3.94. The van der Waals surface area contributed by atoms with Crippen LogP contribution >= 0.6 is 22.9 Å². The van der Waals surface area contributed by atoms with Crippen LogP contribution in [0.3, 0.4) is 0 Å². The number of aryl methyl sites for hydroxylation is 2. The van der Waals surface area contributed by atoms with Crippen molar-refractivity contribution in [2.45, 2.75) is 19.9 Å². The molecule has 4 nitrogen and oxygen atoms in total. The molecular formula is C22H19ClN2O2S. The van der Waals surface area contributed by atoms with Crippen LogP contribution in [0.25, 0.3) is 0 Å². The fraction of sp³-hybridized carbons (Fsp3) is 0.182. The van der Waals surface area contributed by atoms with Crippen molar-refractivity contribution in [2.75, 3.05) is 16.3 Å². The molecule has 2 amide bonds. The Bertz CT molecular complexity index is 1010. The summed E-state index contributed by atoms with van der Waals surface area (Å²) in [7, 11) is 0. The number of carbonyl (C=O) groups is 2. The van der Waals surface area contributed by atoms with Crippen molar-refractivity contribution < 1.29 is 9.59 Å². The average Bonchev–Trinajstić information content (AvgIpc) is 3.19. The van der Waals surface area contributed by atoms with Gasteiger partial charge in [0.2, 0.25) is 5.91 Å². The summed E-state index contributed by atoms with van der Waals surface area (Å²) in [4.78, 5) is 30.9. The van der Waals surface area contributed by atoms with Gasteiger partial charge in [-0.2, -0.15) is 0 Å². The number of halogens is 1. The highest BCUT2D eigenvalue weighted by Gasteiger charge is 2.43. The molecule has 3 aromatic rings. The lowest BCUT2D eigenvalue weighted by atomic mass is 10.0. The first-order chi connectivity index (χ1) is 13.5. The monoisotopic (exact) mass is 410 g/mol. The van der Waals surface area contributed by atoms with Crippen molar-refractivity contribution >= 4 is 46.1 Å². The van der Waals surface area contributed by atoms with Gasteiger partial charge in [-0.1, -0.05) is 35.9 Å². The number of rotatable bonds is 3. The molecule has 1 aliphatic heterocycles. The first-order valence-corrected chi connectivity index (χ1v) is 10.2. The van der Waals surface area contributed by atoms with Crippen molar-refractivity contribution in [3.8, 4) is 0 Å². The molecule has 142 valence electrons. The summed E-state index contributed by atoms with van der Waals surface area (Å²) in [5.41, 5.74) is 3.44. The highest BCUT2D eigenvalue weighted by Crippen LogP contribution is 2.38. The third-order valence-electron chi connectivity index (χ3n) is 4.95. The van der Waals surface area contributed by atoms with Gasteiger partial charge in [0.1, 0.15) is 6.54 Å². The Hall–Kier alpha value is -2.63. The van der Waals surface area contributed by atoms with Crippen molar-refractivity contribution in [1.29, 1.82) is 0 Å². The molecule has 0 aliphatic carbocycles. The van der Waals surface area contributed by atoms with E-state index in [9.17, 15) is 9.59 Å². The van der Waals surface area contributed by atoms with Crippen molar-refractivity contribution in [3.05, 3.63) is 81.0 Å². The van der Waals surface area contributed by atoms with Crippen LogP contribution in [0.5, 0.6) is 0 Å². The third kappa shape index (κ3) is 3.21. The van der Waals surface area contributed by atoms with Crippen molar-refractivity contribution in [3.63, 3.8) is 0 Å². The van der Waals surface area contributed by atoms with E-state index in [0.717, 1.165) is 21.7 Å². The first kappa shape index (κ1) is 18.7. The largest absolute Gasteiger partial charge is 0.300 e. The van der Waals surface area contributed by atoms with E-state index in [1.165, 1.54) is 11.3 Å². The number of benzene rings is 2. The Labute approximate surface area is 173 Å². The normalized spacial score (nSPS) is 17.3. The van der Waals surface area contributed by atoms with Gasteiger partial charge in [-0.25, -0.2) is 0 Å². The topological polar surface area (TPSA) is 40.6 Å². The summed E-state index contributed by atoms with van der Waals surface area (Å²) < 4.78 is 0. The molecule has 0 saturated carbocycles. The number of hydrogen-bond donors (Lipinski definition) is 0. The zero-order chi connectivity index (χ0) is 19.8. The van der Waals surface area contributed by atoms with Crippen molar-refractivity contribution in [1.82, 2.24) is 0 Å². The molecule has 1 aliphatic rings. The number of thiophene rings is 1. The summed E-state index contributed by atoms with van der Waals surface area (Å²) in [5, 5.41) is 2.51. The molecule has 1 unspecified atom stereocenters. The molecule has 0 N–H and O–H groups in total. The van der Waals surface area contributed by atoms with Crippen LogP contribution in [-0.4, -0.2) is 18.4 Å². The van der Waals surface area contributed by atoms with Gasteiger partial charge in [0.25, 0.3) is 5.91 Å². The zero-order valence-electron chi connectivity index (χ0n) is 15.6. The molecule has 1 atom stereocenters. The maximum absolute atomic E-state index is 13.6. The summed E-state index contributed by atoms with van der Waals surface area (Å²) in [6, 6.07) is 16.0. The molecule has 6 heteroatoms. The third-order valence-corrected chi connectivity index (χ3v) is 6.12. The molecule has 1 fully saturated rings. The highest BCUT2D eigenvalue weighted by molar-refractivity contribution is 7.10. The number of para-hydroxylation sites is 1. The predicted octanol–water partition coefficient (Wildman–Crippen LogP) is 5.14. The number of carbonyl (C=O) groups excluding carboxylic acids is 2. The number of nitrogens with zero attached hydrogens (tertiary/aromatic N) is 2. The second-order valence-electron chi connectivity index (χ2n) is 6.82. The molecule has 4 rings (SSSR count). The number of amides is 2. The molecular weight excluding hydrogens is 392 g/mol. The Kier molecular flexibility index (Phi) is 4.96. The smallest absolute Gasteiger partial charge is 0.256 e. The van der Waals surface area contributed by atoms with E-state index in [4.69, 9.17) is 11.6 Å². The maximum Gasteiger partial charge on any atom is 0.256 e. The van der Waals surface area contributed by atoms with Crippen LogP contribution in [0.15, 0.2) is 60.0 Å². The molecule has 1 saturated heterocycles. The molecule has 1 aromatic heterocycles. The number of hydrogen-bond acceptors (Lipinski definition) is 3. The Morgan fingerprint density at radius 1 is 0.964 bits per heavy atom. The minimum atomic E-state index is -0.693. The minimum Gasteiger partial charge on any atom is -0.300 e. The predicted molar refractivity (Wildman–Crippen MR) is 114 cm³/mol. The van der Waals surface area contributed by atoms with E-state index in [-0.39, 0.29) is 18.4 Å². The Balaban J connectivity index is 1.83. The van der Waals surface area contributed by atoms with Crippen LogP contribution in [-0.2, 0) is 9.59 Å². The van der Waals surface area contributed by atoms with Gasteiger partial charge in [-0.05, 0) is 60.7 Å². The number of anilines is 2. The lowest BCUT2D eigenvalue weighted by molar-refractivity contribution is -0.128. The van der Waals surface area contributed by atoms with Gasteiger partial charge >= 0.3 is 0 Å². The van der Waals surface area contributed by atoms with Gasteiger partial charge < -0.3 is 4.90 Å². The summed E-state index contributed by atoms with van der Waals surface area (Å²) in [5.74, 6) is -0.225. The zero-order valence-corrected chi connectivity index (χ0v) is 17.1. The molecule has 28 heavy (non-hydrogen) atoms. The first-order valence-electron chi connectivity index (χ1n) is 8.96. The highest BCUT2D eigenvalue weighted by atomic mass is 35.5. The average molecular weight is 411 g/mol. The SMILES string of the molecule is Cc1cccc(C)c1N1CC(=O)N(c2ccc(Cl)cc2)C(c2cccs2)C1=O. The fourth-order valence-electron chi connectivity index (χ4n) is 3.70. The van der Waals surface area contributed by atoms with Crippen LogP contribution in [0.1, 0.15) is 22.0 Å². The molecule has 0 radical (unpaired) electrons. The Morgan fingerprint density at radius 3 is 2.25 bits per heavy atom. The number of piperazine rings is 1. The lowest BCUT2D eigenvalue weighted by Gasteiger charge is -2.40. The summed E-state index contributed by atoms with van der Waals surface area (Å²) in [6.07, 6.45) is 0. The second kappa shape index (κ2) is 7.41. The lowest BCUT2D eigenvalue weighted by Crippen LogP contribution is -2.56. The van der Waals surface area contributed by atoms with Gasteiger partial charge in [0.15, 0.2) is 6.04 Å². The second-order valence-corrected chi connectivity index (χ2v) is 8.24. The van der Waals surface area contributed by atoms with Gasteiger partial charge in [0.05, 0.1) is 5.69 Å².